The lowest BCUT2D eigenvalue weighted by Crippen LogP contribution is -2.11. The lowest BCUT2D eigenvalue weighted by molar-refractivity contribution is -0.137. The fourth-order valence-electron chi connectivity index (χ4n) is 7.33. The predicted molar refractivity (Wildman–Crippen MR) is 198 cm³/mol. The molecular weight excluding hydrogens is 656 g/mol. The van der Waals surface area contributed by atoms with Gasteiger partial charge in [-0.15, -0.1) is 0 Å². The maximum atomic E-state index is 15.2. The van der Waals surface area contributed by atoms with Gasteiger partial charge in [0.2, 0.25) is 0 Å². The number of halogens is 3. The highest BCUT2D eigenvalue weighted by atomic mass is 19.4. The Morgan fingerprint density at radius 1 is 0.481 bits per heavy atom. The standard InChI is InChI=1S/C44H24F3N5/c45-44(46,47)30-23-41(51-37-15-6-4-11-31(37)33-19-17-27(25-48)21-39(33)51)43(36-14-8-13-35(50-36)29-9-2-1-3-10-29)42(24-30)52-38-16-7-5-12-32(38)34-20-18-28(26-49)22-40(34)52/h1-24H. The number of benzene rings is 6. The van der Waals surface area contributed by atoms with Gasteiger partial charge in [0.05, 0.1) is 73.7 Å². The van der Waals surface area contributed by atoms with Gasteiger partial charge in [0.15, 0.2) is 0 Å². The summed E-state index contributed by atoms with van der Waals surface area (Å²) in [5, 5.41) is 23.1. The maximum Gasteiger partial charge on any atom is 0.416 e. The molecule has 9 aromatic rings. The predicted octanol–water partition coefficient (Wildman–Crippen LogP) is 11.4. The number of para-hydroxylation sites is 2. The van der Waals surface area contributed by atoms with Gasteiger partial charge >= 0.3 is 6.18 Å². The van der Waals surface area contributed by atoms with Crippen LogP contribution in [0.25, 0.3) is 77.5 Å². The van der Waals surface area contributed by atoms with Gasteiger partial charge in [-0.25, -0.2) is 4.98 Å². The summed E-state index contributed by atoms with van der Waals surface area (Å²) < 4.78 is 49.3. The normalized spacial score (nSPS) is 11.7. The van der Waals surface area contributed by atoms with Crippen molar-refractivity contribution >= 4 is 43.6 Å². The van der Waals surface area contributed by atoms with Gasteiger partial charge < -0.3 is 9.13 Å². The van der Waals surface area contributed by atoms with Crippen LogP contribution in [-0.4, -0.2) is 14.1 Å². The number of fused-ring (bicyclic) bond motifs is 6. The van der Waals surface area contributed by atoms with Crippen LogP contribution in [0.4, 0.5) is 13.2 Å². The first-order valence-electron chi connectivity index (χ1n) is 16.5. The molecule has 0 radical (unpaired) electrons. The van der Waals surface area contributed by atoms with Crippen LogP contribution in [0.2, 0.25) is 0 Å². The van der Waals surface area contributed by atoms with Crippen LogP contribution in [0, 0.1) is 22.7 Å². The molecule has 8 heteroatoms. The molecule has 0 unspecified atom stereocenters. The van der Waals surface area contributed by atoms with Crippen molar-refractivity contribution < 1.29 is 13.2 Å². The Hall–Kier alpha value is -7.16. The van der Waals surface area contributed by atoms with Crippen LogP contribution in [0.1, 0.15) is 16.7 Å². The van der Waals surface area contributed by atoms with E-state index in [1.54, 1.807) is 24.3 Å². The van der Waals surface area contributed by atoms with Crippen molar-refractivity contribution in [3.63, 3.8) is 0 Å². The maximum absolute atomic E-state index is 15.2. The van der Waals surface area contributed by atoms with E-state index in [1.807, 2.05) is 118 Å². The lowest BCUT2D eigenvalue weighted by Gasteiger charge is -2.22. The Balaban J connectivity index is 1.52. The Labute approximate surface area is 295 Å². The van der Waals surface area contributed by atoms with Gasteiger partial charge in [0.1, 0.15) is 0 Å². The number of hydrogen-bond acceptors (Lipinski definition) is 3. The summed E-state index contributed by atoms with van der Waals surface area (Å²) in [7, 11) is 0. The molecule has 246 valence electrons. The number of aromatic nitrogens is 3. The smallest absolute Gasteiger partial charge is 0.308 e. The van der Waals surface area contributed by atoms with Crippen LogP contribution < -0.4 is 0 Å². The van der Waals surface area contributed by atoms with Crippen LogP contribution in [0.15, 0.2) is 146 Å². The first-order valence-corrected chi connectivity index (χ1v) is 16.5. The van der Waals surface area contributed by atoms with E-state index >= 15 is 13.2 Å². The summed E-state index contributed by atoms with van der Waals surface area (Å²) in [5.41, 5.74) is 5.29. The summed E-state index contributed by atoms with van der Waals surface area (Å²) >= 11 is 0. The third-order valence-electron chi connectivity index (χ3n) is 9.59. The van der Waals surface area contributed by atoms with Gasteiger partial charge in [-0.2, -0.15) is 23.7 Å². The van der Waals surface area contributed by atoms with Crippen LogP contribution in [0.3, 0.4) is 0 Å². The van der Waals surface area contributed by atoms with E-state index in [0.717, 1.165) is 27.1 Å². The molecule has 52 heavy (non-hydrogen) atoms. The highest BCUT2D eigenvalue weighted by Gasteiger charge is 2.34. The minimum atomic E-state index is -4.73. The summed E-state index contributed by atoms with van der Waals surface area (Å²) in [6.45, 7) is 0. The number of nitriles is 2. The minimum absolute atomic E-state index is 0.242. The van der Waals surface area contributed by atoms with Gasteiger partial charge in [-0.1, -0.05) is 84.9 Å². The monoisotopic (exact) mass is 679 g/mol. The fourth-order valence-corrected chi connectivity index (χ4v) is 7.33. The van der Waals surface area contributed by atoms with Gasteiger partial charge in [0.25, 0.3) is 0 Å². The zero-order valence-electron chi connectivity index (χ0n) is 27.2. The van der Waals surface area contributed by atoms with Crippen LogP contribution in [0.5, 0.6) is 0 Å². The average Bonchev–Trinajstić information content (AvgIpc) is 3.69. The van der Waals surface area contributed by atoms with Crippen LogP contribution >= 0.6 is 0 Å². The zero-order chi connectivity index (χ0) is 35.6. The van der Waals surface area contributed by atoms with E-state index in [4.69, 9.17) is 4.98 Å². The molecule has 0 atom stereocenters. The second-order valence-corrected chi connectivity index (χ2v) is 12.6. The molecule has 3 heterocycles. The fraction of sp³-hybridized carbons (Fsp3) is 0.0227. The molecular formula is C44H24F3N5. The molecule has 5 nitrogen and oxygen atoms in total. The summed E-state index contributed by atoms with van der Waals surface area (Å²) in [4.78, 5) is 5.12. The second kappa shape index (κ2) is 11.7. The topological polar surface area (TPSA) is 70.3 Å². The third-order valence-corrected chi connectivity index (χ3v) is 9.59. The van der Waals surface area contributed by atoms with Crippen molar-refractivity contribution in [3.8, 4) is 46.0 Å². The Morgan fingerprint density at radius 2 is 0.962 bits per heavy atom. The van der Waals surface area contributed by atoms with E-state index in [-0.39, 0.29) is 11.4 Å². The number of hydrogen-bond donors (Lipinski definition) is 0. The van der Waals surface area contributed by atoms with E-state index in [1.165, 1.54) is 12.1 Å². The highest BCUT2D eigenvalue weighted by molar-refractivity contribution is 6.12. The number of pyridine rings is 1. The first kappa shape index (κ1) is 30.9. The molecule has 0 aliphatic carbocycles. The first-order chi connectivity index (χ1) is 25.3. The zero-order valence-corrected chi connectivity index (χ0v) is 27.2. The molecule has 0 aliphatic rings. The van der Waals surface area contributed by atoms with E-state index in [0.29, 0.717) is 50.1 Å². The minimum Gasteiger partial charge on any atom is -0.308 e. The number of nitrogens with zero attached hydrogens (tertiary/aromatic N) is 5. The van der Waals surface area contributed by atoms with Crippen LogP contribution in [-0.2, 0) is 6.18 Å². The molecule has 6 aromatic carbocycles. The molecule has 0 spiro atoms. The molecule has 0 aliphatic heterocycles. The number of rotatable bonds is 4. The van der Waals surface area contributed by atoms with Gasteiger partial charge in [-0.3, -0.25) is 0 Å². The molecule has 0 saturated carbocycles. The third kappa shape index (κ3) is 4.81. The average molecular weight is 680 g/mol. The second-order valence-electron chi connectivity index (χ2n) is 12.6. The number of alkyl halides is 3. The van der Waals surface area contributed by atoms with Crippen molar-refractivity contribution in [2.45, 2.75) is 6.18 Å². The molecule has 0 bridgehead atoms. The van der Waals surface area contributed by atoms with Gasteiger partial charge in [0, 0.05) is 32.7 Å². The van der Waals surface area contributed by atoms with Crippen molar-refractivity contribution in [1.29, 1.82) is 10.5 Å². The summed E-state index contributed by atoms with van der Waals surface area (Å²) in [5.74, 6) is 0. The van der Waals surface area contributed by atoms with Crippen molar-refractivity contribution in [1.82, 2.24) is 14.1 Å². The molecule has 0 amide bonds. The summed E-state index contributed by atoms with van der Waals surface area (Å²) in [6, 6.07) is 47.5. The van der Waals surface area contributed by atoms with E-state index in [9.17, 15) is 10.5 Å². The van der Waals surface area contributed by atoms with Gasteiger partial charge in [-0.05, 0) is 60.7 Å². The SMILES string of the molecule is N#Cc1ccc2c3ccccc3n(-c3cc(C(F)(F)F)cc(-n4c5ccccc5c5ccc(C#N)cc54)c3-c3cccc(-c4ccccc4)n3)c2c1. The lowest BCUT2D eigenvalue weighted by atomic mass is 10.00. The largest absolute Gasteiger partial charge is 0.416 e. The molecule has 0 fully saturated rings. The van der Waals surface area contributed by atoms with E-state index < -0.39 is 11.7 Å². The quantitative estimate of drug-likeness (QED) is 0.186. The Bertz CT molecular complexity index is 2820. The molecule has 0 saturated heterocycles. The van der Waals surface area contributed by atoms with Crippen molar-refractivity contribution in [3.05, 3.63) is 162 Å². The van der Waals surface area contributed by atoms with E-state index in [2.05, 4.69) is 12.1 Å². The van der Waals surface area contributed by atoms with Crippen molar-refractivity contribution in [2.75, 3.05) is 0 Å². The Kier molecular flexibility index (Phi) is 6.96. The molecule has 9 rings (SSSR count). The molecule has 0 N–H and O–H groups in total. The highest BCUT2D eigenvalue weighted by Crippen LogP contribution is 2.45. The van der Waals surface area contributed by atoms with Crippen molar-refractivity contribution in [2.24, 2.45) is 0 Å². The summed E-state index contributed by atoms with van der Waals surface area (Å²) in [6.07, 6.45) is -4.73. The molecule has 3 aromatic heterocycles. The Morgan fingerprint density at radius 3 is 1.48 bits per heavy atom.